The van der Waals surface area contributed by atoms with E-state index >= 15 is 0 Å². The highest BCUT2D eigenvalue weighted by molar-refractivity contribution is 14.0. The maximum Gasteiger partial charge on any atom is 0.228 e. The van der Waals surface area contributed by atoms with Crippen LogP contribution < -0.4 is 10.6 Å². The van der Waals surface area contributed by atoms with Gasteiger partial charge in [-0.25, -0.2) is 0 Å². The quantitative estimate of drug-likeness (QED) is 0.335. The van der Waals surface area contributed by atoms with Gasteiger partial charge in [0.25, 0.3) is 0 Å². The van der Waals surface area contributed by atoms with Crippen molar-refractivity contribution in [3.05, 3.63) is 35.2 Å². The van der Waals surface area contributed by atoms with Gasteiger partial charge in [0.05, 0.1) is 0 Å². The molecule has 0 bridgehead atoms. The van der Waals surface area contributed by atoms with Crippen LogP contribution >= 0.6 is 47.3 Å². The molecule has 0 amide bonds. The Bertz CT molecular complexity index is 723. The van der Waals surface area contributed by atoms with Gasteiger partial charge in [0, 0.05) is 41.9 Å². The van der Waals surface area contributed by atoms with Crippen LogP contribution in [-0.4, -0.2) is 47.2 Å². The van der Waals surface area contributed by atoms with Crippen molar-refractivity contribution in [3.8, 4) is 11.4 Å². The molecule has 144 valence electrons. The summed E-state index contributed by atoms with van der Waals surface area (Å²) in [4.78, 5) is 8.63. The molecule has 2 N–H and O–H groups in total. The number of rotatable bonds is 7. The lowest BCUT2D eigenvalue weighted by Gasteiger charge is -2.23. The van der Waals surface area contributed by atoms with Crippen LogP contribution in [0.3, 0.4) is 0 Å². The Kier molecular flexibility index (Phi) is 9.73. The van der Waals surface area contributed by atoms with Gasteiger partial charge in [-0.15, -0.1) is 24.0 Å². The molecule has 0 spiro atoms. The minimum Gasteiger partial charge on any atom is -0.356 e. The zero-order valence-electron chi connectivity index (χ0n) is 15.4. The molecule has 0 aliphatic carbocycles. The lowest BCUT2D eigenvalue weighted by atomic mass is 10.2. The molecule has 0 unspecified atom stereocenters. The van der Waals surface area contributed by atoms with Crippen LogP contribution in [0.2, 0.25) is 5.02 Å². The Balaban J connectivity index is 0.00000338. The SMILES string of the molecule is CN=C(NCCc1nc(-c2cccc(Cl)c2)no1)NCC(C)(C)SC.I. The van der Waals surface area contributed by atoms with Gasteiger partial charge in [-0.2, -0.15) is 16.7 Å². The zero-order valence-corrected chi connectivity index (χ0v) is 19.3. The Morgan fingerprint density at radius 3 is 2.77 bits per heavy atom. The minimum absolute atomic E-state index is 0. The van der Waals surface area contributed by atoms with E-state index < -0.39 is 0 Å². The second-order valence-corrected chi connectivity index (χ2v) is 8.04. The minimum atomic E-state index is 0. The van der Waals surface area contributed by atoms with E-state index in [2.05, 4.69) is 45.9 Å². The number of aromatic nitrogens is 2. The summed E-state index contributed by atoms with van der Waals surface area (Å²) in [5.41, 5.74) is 0.840. The lowest BCUT2D eigenvalue weighted by Crippen LogP contribution is -2.43. The Labute approximate surface area is 181 Å². The predicted molar refractivity (Wildman–Crippen MR) is 121 cm³/mol. The number of nitrogens with zero attached hydrogens (tertiary/aromatic N) is 3. The second-order valence-electron chi connectivity index (χ2n) is 6.09. The predicted octanol–water partition coefficient (Wildman–Crippen LogP) is 3.86. The summed E-state index contributed by atoms with van der Waals surface area (Å²) in [6, 6.07) is 7.39. The highest BCUT2D eigenvalue weighted by Crippen LogP contribution is 2.20. The van der Waals surface area contributed by atoms with Crippen LogP contribution in [0, 0.1) is 0 Å². The standard InChI is InChI=1S/C17H24ClN5OS.HI/c1-17(2,25-4)11-21-16(19-3)20-9-8-14-22-15(23-24-14)12-6-5-7-13(18)10-12;/h5-7,10H,8-9,11H2,1-4H3,(H2,19,20,21);1H. The van der Waals surface area contributed by atoms with Crippen molar-refractivity contribution in [1.82, 2.24) is 20.8 Å². The van der Waals surface area contributed by atoms with Crippen LogP contribution in [0.15, 0.2) is 33.8 Å². The van der Waals surface area contributed by atoms with Crippen molar-refractivity contribution in [2.45, 2.75) is 25.0 Å². The van der Waals surface area contributed by atoms with Gasteiger partial charge in [0.15, 0.2) is 5.96 Å². The lowest BCUT2D eigenvalue weighted by molar-refractivity contribution is 0.378. The van der Waals surface area contributed by atoms with Gasteiger partial charge >= 0.3 is 0 Å². The molecule has 0 radical (unpaired) electrons. The van der Waals surface area contributed by atoms with Gasteiger partial charge in [-0.1, -0.05) is 28.9 Å². The molecule has 0 fully saturated rings. The highest BCUT2D eigenvalue weighted by atomic mass is 127. The first-order chi connectivity index (χ1) is 11.9. The Morgan fingerprint density at radius 1 is 1.35 bits per heavy atom. The van der Waals surface area contributed by atoms with Crippen LogP contribution in [0.1, 0.15) is 19.7 Å². The van der Waals surface area contributed by atoms with Gasteiger partial charge in [0.2, 0.25) is 11.7 Å². The number of guanidine groups is 1. The van der Waals surface area contributed by atoms with E-state index in [0.717, 1.165) is 18.1 Å². The van der Waals surface area contributed by atoms with Gasteiger partial charge in [0.1, 0.15) is 0 Å². The smallest absolute Gasteiger partial charge is 0.228 e. The number of hydrogen-bond acceptors (Lipinski definition) is 5. The molecule has 0 saturated carbocycles. The molecule has 26 heavy (non-hydrogen) atoms. The third-order valence-corrected chi connectivity index (χ3v) is 5.12. The Morgan fingerprint density at radius 2 is 2.12 bits per heavy atom. The maximum atomic E-state index is 5.99. The summed E-state index contributed by atoms with van der Waals surface area (Å²) in [6.07, 6.45) is 2.71. The number of nitrogens with one attached hydrogen (secondary N) is 2. The molecule has 0 atom stereocenters. The third kappa shape index (κ3) is 7.32. The first-order valence-electron chi connectivity index (χ1n) is 8.02. The number of hydrogen-bond donors (Lipinski definition) is 2. The first kappa shape index (κ1) is 23.0. The molecule has 1 aromatic carbocycles. The summed E-state index contributed by atoms with van der Waals surface area (Å²) >= 11 is 7.80. The van der Waals surface area contributed by atoms with E-state index in [1.54, 1.807) is 7.05 Å². The number of aliphatic imine (C=N–C) groups is 1. The van der Waals surface area contributed by atoms with Crippen LogP contribution in [0.5, 0.6) is 0 Å². The van der Waals surface area contributed by atoms with Crippen molar-refractivity contribution < 1.29 is 4.52 Å². The summed E-state index contributed by atoms with van der Waals surface area (Å²) in [5.74, 6) is 1.88. The summed E-state index contributed by atoms with van der Waals surface area (Å²) in [7, 11) is 1.76. The zero-order chi connectivity index (χ0) is 18.3. The van der Waals surface area contributed by atoms with E-state index in [1.165, 1.54) is 0 Å². The van der Waals surface area contributed by atoms with E-state index in [-0.39, 0.29) is 28.7 Å². The fourth-order valence-electron chi connectivity index (χ4n) is 1.98. The Hall–Kier alpha value is -1.000. The van der Waals surface area contributed by atoms with Crippen molar-refractivity contribution in [3.63, 3.8) is 0 Å². The van der Waals surface area contributed by atoms with E-state index in [0.29, 0.717) is 29.7 Å². The molecule has 2 rings (SSSR count). The molecule has 1 aromatic heterocycles. The number of benzene rings is 1. The van der Waals surface area contributed by atoms with Crippen molar-refractivity contribution in [2.24, 2.45) is 4.99 Å². The van der Waals surface area contributed by atoms with Crippen molar-refractivity contribution >= 4 is 53.3 Å². The van der Waals surface area contributed by atoms with E-state index in [1.807, 2.05) is 36.0 Å². The maximum absolute atomic E-state index is 5.99. The molecule has 0 aliphatic rings. The third-order valence-electron chi connectivity index (χ3n) is 3.64. The average Bonchev–Trinajstić information content (AvgIpc) is 3.07. The second kappa shape index (κ2) is 11.0. The fraction of sp³-hybridized carbons (Fsp3) is 0.471. The molecular weight excluding hydrogens is 485 g/mol. The first-order valence-corrected chi connectivity index (χ1v) is 9.62. The van der Waals surface area contributed by atoms with E-state index in [9.17, 15) is 0 Å². The molecule has 1 heterocycles. The van der Waals surface area contributed by atoms with Crippen molar-refractivity contribution in [1.29, 1.82) is 0 Å². The van der Waals surface area contributed by atoms with Gasteiger partial charge in [-0.3, -0.25) is 4.99 Å². The summed E-state index contributed by atoms with van der Waals surface area (Å²) in [5, 5.41) is 11.2. The number of thioether (sulfide) groups is 1. The molecule has 9 heteroatoms. The van der Waals surface area contributed by atoms with Crippen LogP contribution in [-0.2, 0) is 6.42 Å². The molecule has 0 saturated heterocycles. The molecule has 0 aliphatic heterocycles. The van der Waals surface area contributed by atoms with Crippen LogP contribution in [0.4, 0.5) is 0 Å². The summed E-state index contributed by atoms with van der Waals surface area (Å²) in [6.45, 7) is 5.85. The van der Waals surface area contributed by atoms with Crippen molar-refractivity contribution in [2.75, 3.05) is 26.4 Å². The molecule has 2 aromatic rings. The van der Waals surface area contributed by atoms with E-state index in [4.69, 9.17) is 16.1 Å². The fourth-order valence-corrected chi connectivity index (χ4v) is 2.39. The summed E-state index contributed by atoms with van der Waals surface area (Å²) < 4.78 is 5.45. The van der Waals surface area contributed by atoms with Gasteiger partial charge in [-0.05, 0) is 32.2 Å². The molecular formula is C17H25ClIN5OS. The van der Waals surface area contributed by atoms with Gasteiger partial charge < -0.3 is 15.2 Å². The number of halogens is 2. The normalized spacial score (nSPS) is 11.8. The average molecular weight is 510 g/mol. The highest BCUT2D eigenvalue weighted by Gasteiger charge is 2.16. The largest absolute Gasteiger partial charge is 0.356 e. The van der Waals surface area contributed by atoms with Crippen LogP contribution in [0.25, 0.3) is 11.4 Å². The topological polar surface area (TPSA) is 75.3 Å². The molecule has 6 nitrogen and oxygen atoms in total. The monoisotopic (exact) mass is 509 g/mol.